The molecule has 7 nitrogen and oxygen atoms in total. The van der Waals surface area contributed by atoms with Crippen LogP contribution < -0.4 is 4.72 Å². The fraction of sp³-hybridized carbons (Fsp3) is 0.500. The maximum absolute atomic E-state index is 12.2. The molecule has 20 heavy (non-hydrogen) atoms. The van der Waals surface area contributed by atoms with Crippen molar-refractivity contribution in [2.45, 2.75) is 44.0 Å². The highest BCUT2D eigenvalue weighted by Gasteiger charge is 2.27. The van der Waals surface area contributed by atoms with Gasteiger partial charge in [-0.3, -0.25) is 10.1 Å². The minimum atomic E-state index is -3.88. The smallest absolute Gasteiger partial charge is 0.312 e. The molecule has 1 aromatic carbocycles. The first-order valence-corrected chi connectivity index (χ1v) is 7.59. The summed E-state index contributed by atoms with van der Waals surface area (Å²) < 4.78 is 26.9. The minimum absolute atomic E-state index is 0.244. The maximum atomic E-state index is 12.2. The van der Waals surface area contributed by atoms with Crippen LogP contribution in [0.5, 0.6) is 5.75 Å². The van der Waals surface area contributed by atoms with Crippen molar-refractivity contribution >= 4 is 15.7 Å². The Bertz CT molecular complexity index is 610. The van der Waals surface area contributed by atoms with Crippen LogP contribution >= 0.6 is 0 Å². The topological polar surface area (TPSA) is 110 Å². The lowest BCUT2D eigenvalue weighted by atomic mass is 10.0. The largest absolute Gasteiger partial charge is 0.502 e. The second-order valence-corrected chi connectivity index (χ2v) is 6.83. The molecule has 0 aliphatic carbocycles. The Morgan fingerprint density at radius 2 is 2.00 bits per heavy atom. The molecule has 0 spiro atoms. The lowest BCUT2D eigenvalue weighted by molar-refractivity contribution is -0.386. The number of hydrogen-bond donors (Lipinski definition) is 2. The van der Waals surface area contributed by atoms with Gasteiger partial charge < -0.3 is 5.11 Å². The zero-order valence-corrected chi connectivity index (χ0v) is 12.4. The van der Waals surface area contributed by atoms with Crippen molar-refractivity contribution in [1.82, 2.24) is 4.72 Å². The molecule has 2 N–H and O–H groups in total. The number of aromatic hydroxyl groups is 1. The molecule has 112 valence electrons. The van der Waals surface area contributed by atoms with Crippen molar-refractivity contribution in [3.05, 3.63) is 28.3 Å². The number of hydrogen-bond acceptors (Lipinski definition) is 5. The summed E-state index contributed by atoms with van der Waals surface area (Å²) in [5.41, 5.74) is -1.29. The van der Waals surface area contributed by atoms with Gasteiger partial charge in [0.05, 0.1) is 9.82 Å². The first-order valence-electron chi connectivity index (χ1n) is 6.10. The Kier molecular flexibility index (Phi) is 4.72. The van der Waals surface area contributed by atoms with Crippen molar-refractivity contribution in [1.29, 1.82) is 0 Å². The van der Waals surface area contributed by atoms with Gasteiger partial charge in [0, 0.05) is 11.6 Å². The van der Waals surface area contributed by atoms with E-state index in [9.17, 15) is 23.6 Å². The monoisotopic (exact) mass is 302 g/mol. The summed E-state index contributed by atoms with van der Waals surface area (Å²) in [6.07, 6.45) is 1.43. The zero-order chi connectivity index (χ0) is 15.6. The molecule has 0 amide bonds. The Labute approximate surface area is 117 Å². The molecule has 0 aliphatic heterocycles. The first kappa shape index (κ1) is 16.4. The van der Waals surface area contributed by atoms with Crippen molar-refractivity contribution in [2.24, 2.45) is 0 Å². The molecular weight excluding hydrogens is 284 g/mol. The number of nitrogens with one attached hydrogen (secondary N) is 1. The number of phenolic OH excluding ortho intramolecular Hbond substituents is 1. The third kappa shape index (κ3) is 3.91. The Morgan fingerprint density at radius 1 is 1.40 bits per heavy atom. The molecule has 0 saturated carbocycles. The fourth-order valence-electron chi connectivity index (χ4n) is 1.92. The average Bonchev–Trinajstić information content (AvgIpc) is 2.26. The molecule has 0 aromatic heterocycles. The summed E-state index contributed by atoms with van der Waals surface area (Å²) in [6, 6.07) is 2.98. The van der Waals surface area contributed by atoms with Crippen molar-refractivity contribution in [3.63, 3.8) is 0 Å². The highest BCUT2D eigenvalue weighted by molar-refractivity contribution is 7.89. The highest BCUT2D eigenvalue weighted by Crippen LogP contribution is 2.28. The lowest BCUT2D eigenvalue weighted by Gasteiger charge is -2.25. The Morgan fingerprint density at radius 3 is 2.50 bits per heavy atom. The van der Waals surface area contributed by atoms with Gasteiger partial charge in [-0.1, -0.05) is 13.3 Å². The van der Waals surface area contributed by atoms with E-state index in [0.717, 1.165) is 24.6 Å². The van der Waals surface area contributed by atoms with E-state index in [0.29, 0.717) is 6.42 Å². The van der Waals surface area contributed by atoms with E-state index < -0.39 is 31.9 Å². The number of rotatable bonds is 6. The van der Waals surface area contributed by atoms with Crippen LogP contribution in [-0.2, 0) is 10.0 Å². The molecule has 0 radical (unpaired) electrons. The number of benzene rings is 1. The van der Waals surface area contributed by atoms with E-state index in [1.54, 1.807) is 13.8 Å². The van der Waals surface area contributed by atoms with Crippen LogP contribution in [0.3, 0.4) is 0 Å². The van der Waals surface area contributed by atoms with Crippen LogP contribution in [0.2, 0.25) is 0 Å². The third-order valence-electron chi connectivity index (χ3n) is 2.74. The third-order valence-corrected chi connectivity index (χ3v) is 4.44. The lowest BCUT2D eigenvalue weighted by Crippen LogP contribution is -2.43. The standard InChI is InChI=1S/C12H18N2O5S/c1-4-7-12(2,3)13-20(18,19)9-5-6-11(15)10(8-9)14(16)17/h5-6,8,13,15H,4,7H2,1-3H3. The molecule has 0 saturated heterocycles. The molecule has 0 unspecified atom stereocenters. The van der Waals surface area contributed by atoms with Gasteiger partial charge in [0.25, 0.3) is 0 Å². The minimum Gasteiger partial charge on any atom is -0.502 e. The number of nitrogens with zero attached hydrogens (tertiary/aromatic N) is 1. The molecule has 0 fully saturated rings. The first-order chi connectivity index (χ1) is 9.09. The molecule has 0 atom stereocenters. The predicted molar refractivity (Wildman–Crippen MR) is 74.1 cm³/mol. The van der Waals surface area contributed by atoms with Crippen LogP contribution in [0.4, 0.5) is 5.69 Å². The van der Waals surface area contributed by atoms with E-state index in [1.807, 2.05) is 6.92 Å². The van der Waals surface area contributed by atoms with E-state index >= 15 is 0 Å². The Balaban J connectivity index is 3.17. The maximum Gasteiger partial charge on any atom is 0.312 e. The second kappa shape index (κ2) is 5.76. The van der Waals surface area contributed by atoms with Crippen LogP contribution in [0.1, 0.15) is 33.6 Å². The molecule has 1 aromatic rings. The van der Waals surface area contributed by atoms with Crippen LogP contribution in [0, 0.1) is 10.1 Å². The summed E-state index contributed by atoms with van der Waals surface area (Å²) >= 11 is 0. The second-order valence-electron chi connectivity index (χ2n) is 5.15. The molecule has 0 aliphatic rings. The summed E-state index contributed by atoms with van der Waals surface area (Å²) in [4.78, 5) is 9.65. The van der Waals surface area contributed by atoms with Gasteiger partial charge in [-0.15, -0.1) is 0 Å². The molecule has 0 bridgehead atoms. The van der Waals surface area contributed by atoms with Gasteiger partial charge in [-0.2, -0.15) is 0 Å². The van der Waals surface area contributed by atoms with Gasteiger partial charge in [-0.05, 0) is 32.4 Å². The SMILES string of the molecule is CCCC(C)(C)NS(=O)(=O)c1ccc(O)c([N+](=O)[O-])c1. The van der Waals surface area contributed by atoms with Crippen LogP contribution in [0.25, 0.3) is 0 Å². The normalized spacial score (nSPS) is 12.3. The molecule has 0 heterocycles. The summed E-state index contributed by atoms with van der Waals surface area (Å²) in [7, 11) is -3.88. The van der Waals surface area contributed by atoms with Crippen molar-refractivity contribution < 1.29 is 18.4 Å². The quantitative estimate of drug-likeness (QED) is 0.618. The van der Waals surface area contributed by atoms with Crippen molar-refractivity contribution in [3.8, 4) is 5.75 Å². The van der Waals surface area contributed by atoms with Crippen LogP contribution in [-0.4, -0.2) is 24.0 Å². The van der Waals surface area contributed by atoms with Gasteiger partial charge >= 0.3 is 5.69 Å². The van der Waals surface area contributed by atoms with E-state index in [-0.39, 0.29) is 4.90 Å². The van der Waals surface area contributed by atoms with Gasteiger partial charge in [0.2, 0.25) is 10.0 Å². The van der Waals surface area contributed by atoms with Crippen molar-refractivity contribution in [2.75, 3.05) is 0 Å². The zero-order valence-electron chi connectivity index (χ0n) is 11.6. The fourth-order valence-corrected chi connectivity index (χ4v) is 3.38. The van der Waals surface area contributed by atoms with Gasteiger partial charge in [0.15, 0.2) is 5.75 Å². The summed E-state index contributed by atoms with van der Waals surface area (Å²) in [5.74, 6) is -0.568. The molecule has 8 heteroatoms. The number of nitro groups is 1. The Hall–Kier alpha value is -1.67. The number of sulfonamides is 1. The van der Waals surface area contributed by atoms with Crippen LogP contribution in [0.15, 0.2) is 23.1 Å². The van der Waals surface area contributed by atoms with E-state index in [1.165, 1.54) is 0 Å². The number of nitro benzene ring substituents is 1. The predicted octanol–water partition coefficient (Wildman–Crippen LogP) is 2.16. The van der Waals surface area contributed by atoms with E-state index in [4.69, 9.17) is 0 Å². The highest BCUT2D eigenvalue weighted by atomic mass is 32.2. The summed E-state index contributed by atoms with van der Waals surface area (Å²) in [6.45, 7) is 5.41. The van der Waals surface area contributed by atoms with Gasteiger partial charge in [0.1, 0.15) is 0 Å². The summed E-state index contributed by atoms with van der Waals surface area (Å²) in [5, 5.41) is 20.0. The number of phenols is 1. The average molecular weight is 302 g/mol. The molecular formula is C12H18N2O5S. The van der Waals surface area contributed by atoms with E-state index in [2.05, 4.69) is 4.72 Å². The van der Waals surface area contributed by atoms with Gasteiger partial charge in [-0.25, -0.2) is 13.1 Å². The molecule has 1 rings (SSSR count).